The van der Waals surface area contributed by atoms with Crippen molar-refractivity contribution in [1.29, 1.82) is 0 Å². The molecule has 4 saturated carbocycles. The zero-order valence-electron chi connectivity index (χ0n) is 12.8. The van der Waals surface area contributed by atoms with Crippen molar-refractivity contribution in [3.8, 4) is 5.75 Å². The summed E-state index contributed by atoms with van der Waals surface area (Å²) in [5.74, 6) is 2.93. The van der Waals surface area contributed by atoms with Gasteiger partial charge in [0.15, 0.2) is 5.78 Å². The molecule has 4 bridgehead atoms. The number of hydrogen-bond donors (Lipinski definition) is 1. The van der Waals surface area contributed by atoms with Gasteiger partial charge in [0.05, 0.1) is 5.56 Å². The zero-order valence-corrected chi connectivity index (χ0v) is 12.8. The Morgan fingerprint density at radius 1 is 1.14 bits per heavy atom. The topological polar surface area (TPSA) is 37.3 Å². The third kappa shape index (κ3) is 2.20. The van der Waals surface area contributed by atoms with E-state index in [0.29, 0.717) is 12.0 Å². The monoisotopic (exact) mass is 284 g/mol. The van der Waals surface area contributed by atoms with Gasteiger partial charge in [-0.25, -0.2) is 0 Å². The van der Waals surface area contributed by atoms with Crippen LogP contribution in [0.25, 0.3) is 0 Å². The van der Waals surface area contributed by atoms with Crippen molar-refractivity contribution in [2.24, 2.45) is 23.2 Å². The van der Waals surface area contributed by atoms with E-state index in [1.165, 1.54) is 38.5 Å². The van der Waals surface area contributed by atoms with Crippen molar-refractivity contribution in [3.63, 3.8) is 0 Å². The Morgan fingerprint density at radius 3 is 2.24 bits per heavy atom. The highest BCUT2D eigenvalue weighted by Gasteiger charge is 2.51. The van der Waals surface area contributed by atoms with Gasteiger partial charge < -0.3 is 5.11 Å². The molecule has 0 spiro atoms. The van der Waals surface area contributed by atoms with Crippen LogP contribution < -0.4 is 0 Å². The second-order valence-corrected chi connectivity index (χ2v) is 7.99. The minimum atomic E-state index is 0.157. The lowest BCUT2D eigenvalue weighted by molar-refractivity contribution is -0.0524. The van der Waals surface area contributed by atoms with Crippen molar-refractivity contribution in [2.45, 2.75) is 51.9 Å². The van der Waals surface area contributed by atoms with Crippen LogP contribution in [0.3, 0.4) is 0 Å². The van der Waals surface area contributed by atoms with E-state index in [9.17, 15) is 9.90 Å². The molecule has 0 aromatic heterocycles. The van der Waals surface area contributed by atoms with Gasteiger partial charge in [0, 0.05) is 6.42 Å². The van der Waals surface area contributed by atoms with E-state index >= 15 is 0 Å². The highest BCUT2D eigenvalue weighted by atomic mass is 16.3. The molecule has 112 valence electrons. The van der Waals surface area contributed by atoms with Crippen LogP contribution in [0.1, 0.15) is 60.9 Å². The molecule has 4 aliphatic carbocycles. The number of carbonyl (C=O) groups excluding carboxylic acids is 1. The summed E-state index contributed by atoms with van der Waals surface area (Å²) in [6.45, 7) is 1.92. The van der Waals surface area contributed by atoms with Crippen LogP contribution in [0.2, 0.25) is 0 Å². The second kappa shape index (κ2) is 4.59. The maximum Gasteiger partial charge on any atom is 0.167 e. The molecule has 0 aliphatic heterocycles. The van der Waals surface area contributed by atoms with Crippen molar-refractivity contribution in [3.05, 3.63) is 29.3 Å². The van der Waals surface area contributed by atoms with E-state index in [1.54, 1.807) is 6.07 Å². The van der Waals surface area contributed by atoms with E-state index in [0.717, 1.165) is 23.3 Å². The van der Waals surface area contributed by atoms with Crippen LogP contribution in [0.4, 0.5) is 0 Å². The lowest BCUT2D eigenvalue weighted by Crippen LogP contribution is -2.46. The number of aryl methyl sites for hydroxylation is 1. The van der Waals surface area contributed by atoms with Crippen molar-refractivity contribution in [1.82, 2.24) is 0 Å². The molecule has 0 unspecified atom stereocenters. The zero-order chi connectivity index (χ0) is 14.6. The predicted molar refractivity (Wildman–Crippen MR) is 82.4 cm³/mol. The first kappa shape index (κ1) is 13.4. The largest absolute Gasteiger partial charge is 0.507 e. The summed E-state index contributed by atoms with van der Waals surface area (Å²) in [7, 11) is 0. The fraction of sp³-hybridized carbons (Fsp3) is 0.632. The summed E-state index contributed by atoms with van der Waals surface area (Å²) in [5.41, 5.74) is 1.72. The van der Waals surface area contributed by atoms with Crippen molar-refractivity contribution < 1.29 is 9.90 Å². The molecule has 1 aromatic carbocycles. The maximum atomic E-state index is 12.8. The Labute approximate surface area is 126 Å². The summed E-state index contributed by atoms with van der Waals surface area (Å²) < 4.78 is 0. The SMILES string of the molecule is Cc1cccc(O)c1C(=O)CC12CC3CC(CC(C3)C1)C2. The molecule has 21 heavy (non-hydrogen) atoms. The summed E-state index contributed by atoms with van der Waals surface area (Å²) in [6.07, 6.45) is 8.61. The van der Waals surface area contributed by atoms with Crippen molar-refractivity contribution in [2.75, 3.05) is 0 Å². The van der Waals surface area contributed by atoms with Crippen LogP contribution in [-0.4, -0.2) is 10.9 Å². The first-order valence-electron chi connectivity index (χ1n) is 8.36. The predicted octanol–water partition coefficient (Wildman–Crippen LogP) is 4.49. The Hall–Kier alpha value is -1.31. The van der Waals surface area contributed by atoms with Gasteiger partial charge in [-0.3, -0.25) is 4.79 Å². The van der Waals surface area contributed by atoms with Gasteiger partial charge in [-0.2, -0.15) is 0 Å². The number of rotatable bonds is 3. The van der Waals surface area contributed by atoms with Crippen LogP contribution in [0.15, 0.2) is 18.2 Å². The number of aromatic hydroxyl groups is 1. The summed E-state index contributed by atoms with van der Waals surface area (Å²) in [5, 5.41) is 10.1. The Balaban J connectivity index is 1.60. The lowest BCUT2D eigenvalue weighted by atomic mass is 9.48. The average Bonchev–Trinajstić information content (AvgIpc) is 2.35. The Bertz CT molecular complexity index is 532. The van der Waals surface area contributed by atoms with Crippen LogP contribution in [0.5, 0.6) is 5.75 Å². The minimum absolute atomic E-state index is 0.157. The highest BCUT2D eigenvalue weighted by molar-refractivity contribution is 6.00. The van der Waals surface area contributed by atoms with Gasteiger partial charge in [0.25, 0.3) is 0 Å². The van der Waals surface area contributed by atoms with Gasteiger partial charge >= 0.3 is 0 Å². The van der Waals surface area contributed by atoms with Crippen molar-refractivity contribution >= 4 is 5.78 Å². The third-order valence-electron chi connectivity index (χ3n) is 6.23. The van der Waals surface area contributed by atoms with E-state index in [2.05, 4.69) is 0 Å². The second-order valence-electron chi connectivity index (χ2n) is 7.99. The number of benzene rings is 1. The van der Waals surface area contributed by atoms with E-state index in [4.69, 9.17) is 0 Å². The quantitative estimate of drug-likeness (QED) is 0.830. The van der Waals surface area contributed by atoms with Gasteiger partial charge in [-0.05, 0) is 80.2 Å². The Morgan fingerprint density at radius 2 is 1.71 bits per heavy atom. The molecular formula is C19H24O2. The highest BCUT2D eigenvalue weighted by Crippen LogP contribution is 2.61. The maximum absolute atomic E-state index is 12.8. The average molecular weight is 284 g/mol. The standard InChI is InChI=1S/C19H24O2/c1-12-3-2-4-16(20)18(12)17(21)11-19-8-13-5-14(9-19)7-15(6-13)10-19/h2-4,13-15,20H,5-11H2,1H3. The number of phenolic OH excluding ortho intramolecular Hbond substituents is 1. The summed E-state index contributed by atoms with van der Waals surface area (Å²) in [6, 6.07) is 5.37. The Kier molecular flexibility index (Phi) is 2.92. The number of phenols is 1. The van der Waals surface area contributed by atoms with Gasteiger partial charge in [0.1, 0.15) is 5.75 Å². The molecule has 1 aromatic rings. The first-order valence-corrected chi connectivity index (χ1v) is 8.36. The molecule has 4 aliphatic rings. The molecule has 2 nitrogen and oxygen atoms in total. The van der Waals surface area contributed by atoms with Crippen LogP contribution >= 0.6 is 0 Å². The van der Waals surface area contributed by atoms with Gasteiger partial charge in [0.2, 0.25) is 0 Å². The molecule has 0 heterocycles. The third-order valence-corrected chi connectivity index (χ3v) is 6.23. The fourth-order valence-electron chi connectivity index (χ4n) is 5.95. The number of carbonyl (C=O) groups is 1. The molecule has 0 amide bonds. The molecule has 5 rings (SSSR count). The molecule has 0 radical (unpaired) electrons. The number of ketones is 1. The smallest absolute Gasteiger partial charge is 0.167 e. The lowest BCUT2D eigenvalue weighted by Gasteiger charge is -2.56. The summed E-state index contributed by atoms with van der Waals surface area (Å²) >= 11 is 0. The van der Waals surface area contributed by atoms with E-state index < -0.39 is 0 Å². The molecule has 0 atom stereocenters. The number of Topliss-reactive ketones (excluding diaryl/α,β-unsaturated/α-hetero) is 1. The van der Waals surface area contributed by atoms with Crippen LogP contribution in [0, 0.1) is 30.1 Å². The molecule has 1 N–H and O–H groups in total. The minimum Gasteiger partial charge on any atom is -0.507 e. The molecular weight excluding hydrogens is 260 g/mol. The fourth-order valence-corrected chi connectivity index (χ4v) is 5.95. The van der Waals surface area contributed by atoms with E-state index in [-0.39, 0.29) is 16.9 Å². The summed E-state index contributed by atoms with van der Waals surface area (Å²) in [4.78, 5) is 12.8. The first-order chi connectivity index (χ1) is 10.0. The van der Waals surface area contributed by atoms with Gasteiger partial charge in [-0.1, -0.05) is 12.1 Å². The molecule has 2 heteroatoms. The van der Waals surface area contributed by atoms with E-state index in [1.807, 2.05) is 19.1 Å². The molecule has 0 saturated heterocycles. The normalized spacial score (nSPS) is 36.9. The van der Waals surface area contributed by atoms with Gasteiger partial charge in [-0.15, -0.1) is 0 Å². The van der Waals surface area contributed by atoms with Crippen LogP contribution in [-0.2, 0) is 0 Å². The molecule has 4 fully saturated rings. The number of hydrogen-bond acceptors (Lipinski definition) is 2.